The summed E-state index contributed by atoms with van der Waals surface area (Å²) in [4.78, 5) is 23.7. The molecule has 0 radical (unpaired) electrons. The minimum absolute atomic E-state index is 0.116. The number of benzene rings is 3. The van der Waals surface area contributed by atoms with Gasteiger partial charge >= 0.3 is 0 Å². The average Bonchev–Trinajstić information content (AvgIpc) is 2.73. The first-order valence-corrected chi connectivity index (χ1v) is 8.70. The average molecular weight is 370 g/mol. The summed E-state index contributed by atoms with van der Waals surface area (Å²) >= 11 is 0. The maximum Gasteiger partial charge on any atom is 0.262 e. The molecule has 0 saturated carbocycles. The van der Waals surface area contributed by atoms with E-state index < -0.39 is 0 Å². The highest BCUT2D eigenvalue weighted by Gasteiger charge is 2.10. The first-order valence-electron chi connectivity index (χ1n) is 8.70. The molecule has 0 atom stereocenters. The molecule has 0 aromatic heterocycles. The van der Waals surface area contributed by atoms with Crippen LogP contribution in [0.4, 0.5) is 5.69 Å². The number of para-hydroxylation sites is 1. The Labute approximate surface area is 163 Å². The van der Waals surface area contributed by atoms with Crippen LogP contribution in [0.5, 0.6) is 5.75 Å². The Hall–Kier alpha value is -3.91. The van der Waals surface area contributed by atoms with Crippen LogP contribution < -0.4 is 10.1 Å². The van der Waals surface area contributed by atoms with Crippen LogP contribution in [0.3, 0.4) is 0 Å². The van der Waals surface area contributed by atoms with Gasteiger partial charge in [0, 0.05) is 5.56 Å². The first-order chi connectivity index (χ1) is 13.6. The zero-order chi connectivity index (χ0) is 19.9. The van der Waals surface area contributed by atoms with Crippen molar-refractivity contribution in [1.29, 1.82) is 5.26 Å². The molecule has 5 heteroatoms. The molecule has 0 aliphatic heterocycles. The highest BCUT2D eigenvalue weighted by molar-refractivity contribution is 6.03. The Morgan fingerprint density at radius 1 is 0.929 bits per heavy atom. The third kappa shape index (κ3) is 4.63. The summed E-state index contributed by atoms with van der Waals surface area (Å²) in [7, 11) is 0. The third-order valence-corrected chi connectivity index (χ3v) is 4.15. The number of ketones is 1. The van der Waals surface area contributed by atoms with Crippen LogP contribution in [0.15, 0.2) is 72.8 Å². The summed E-state index contributed by atoms with van der Waals surface area (Å²) in [5, 5.41) is 11.6. The normalized spacial score (nSPS) is 10.0. The molecule has 3 aromatic carbocycles. The number of carbonyl (C=O) groups excluding carboxylic acids is 2. The van der Waals surface area contributed by atoms with Gasteiger partial charge in [-0.25, -0.2) is 0 Å². The van der Waals surface area contributed by atoms with Gasteiger partial charge in [0.1, 0.15) is 5.75 Å². The maximum atomic E-state index is 12.1. The Bertz CT molecular complexity index is 1030. The van der Waals surface area contributed by atoms with Crippen LogP contribution in [0.1, 0.15) is 22.8 Å². The van der Waals surface area contributed by atoms with E-state index in [0.29, 0.717) is 22.6 Å². The number of amides is 1. The highest BCUT2D eigenvalue weighted by atomic mass is 16.5. The summed E-state index contributed by atoms with van der Waals surface area (Å²) in [6.07, 6.45) is 0. The minimum Gasteiger partial charge on any atom is -0.484 e. The van der Waals surface area contributed by atoms with Gasteiger partial charge in [-0.15, -0.1) is 0 Å². The van der Waals surface area contributed by atoms with Gasteiger partial charge in [-0.2, -0.15) is 5.26 Å². The number of anilines is 1. The van der Waals surface area contributed by atoms with Crippen molar-refractivity contribution in [3.63, 3.8) is 0 Å². The first kappa shape index (κ1) is 18.9. The lowest BCUT2D eigenvalue weighted by Crippen LogP contribution is -2.21. The van der Waals surface area contributed by atoms with Gasteiger partial charge in [0.2, 0.25) is 0 Å². The maximum absolute atomic E-state index is 12.1. The van der Waals surface area contributed by atoms with E-state index in [1.807, 2.05) is 24.3 Å². The number of rotatable bonds is 6. The molecule has 3 rings (SSSR count). The number of carbonyl (C=O) groups is 2. The summed E-state index contributed by atoms with van der Waals surface area (Å²) in [6, 6.07) is 23.6. The van der Waals surface area contributed by atoms with E-state index in [2.05, 4.69) is 11.4 Å². The molecule has 5 nitrogen and oxygen atoms in total. The van der Waals surface area contributed by atoms with Crippen molar-refractivity contribution in [2.45, 2.75) is 6.92 Å². The van der Waals surface area contributed by atoms with E-state index in [0.717, 1.165) is 11.1 Å². The predicted octanol–water partition coefficient (Wildman–Crippen LogP) is 4.45. The Balaban J connectivity index is 1.60. The van der Waals surface area contributed by atoms with Crippen molar-refractivity contribution in [2.75, 3.05) is 11.9 Å². The van der Waals surface area contributed by atoms with E-state index in [-0.39, 0.29) is 18.3 Å². The quantitative estimate of drug-likeness (QED) is 0.650. The smallest absolute Gasteiger partial charge is 0.262 e. The van der Waals surface area contributed by atoms with Crippen LogP contribution in [-0.2, 0) is 4.79 Å². The van der Waals surface area contributed by atoms with E-state index in [1.54, 1.807) is 48.5 Å². The molecule has 0 aliphatic carbocycles. The molecule has 1 N–H and O–H groups in total. The second-order valence-electron chi connectivity index (χ2n) is 6.15. The van der Waals surface area contributed by atoms with Gasteiger partial charge in [-0.05, 0) is 54.4 Å². The molecule has 0 unspecified atom stereocenters. The third-order valence-electron chi connectivity index (χ3n) is 4.15. The number of hydrogen-bond donors (Lipinski definition) is 1. The SMILES string of the molecule is CC(=O)c1ccccc1NC(=O)COc1ccc(-c2ccc(C#N)cc2)cc1. The second-order valence-corrected chi connectivity index (χ2v) is 6.15. The van der Waals surface area contributed by atoms with Gasteiger partial charge in [0.15, 0.2) is 12.4 Å². The van der Waals surface area contributed by atoms with Crippen molar-refractivity contribution < 1.29 is 14.3 Å². The standard InChI is InChI=1S/C23H18N2O3/c1-16(26)21-4-2-3-5-22(21)25-23(27)15-28-20-12-10-19(11-13-20)18-8-6-17(14-24)7-9-18/h2-13H,15H2,1H3,(H,25,27). The number of nitriles is 1. The van der Waals surface area contributed by atoms with E-state index in [9.17, 15) is 9.59 Å². The van der Waals surface area contributed by atoms with Crippen molar-refractivity contribution in [2.24, 2.45) is 0 Å². The molecule has 0 saturated heterocycles. The Morgan fingerprint density at radius 3 is 2.14 bits per heavy atom. The molecular formula is C23H18N2O3. The Morgan fingerprint density at radius 2 is 1.54 bits per heavy atom. The number of nitrogens with one attached hydrogen (secondary N) is 1. The van der Waals surface area contributed by atoms with Crippen molar-refractivity contribution in [3.8, 4) is 22.9 Å². The van der Waals surface area contributed by atoms with Crippen LogP contribution >= 0.6 is 0 Å². The number of hydrogen-bond acceptors (Lipinski definition) is 4. The monoisotopic (exact) mass is 370 g/mol. The van der Waals surface area contributed by atoms with Gasteiger partial charge in [-0.3, -0.25) is 9.59 Å². The van der Waals surface area contributed by atoms with Gasteiger partial charge < -0.3 is 10.1 Å². The van der Waals surface area contributed by atoms with E-state index in [4.69, 9.17) is 10.00 Å². The van der Waals surface area contributed by atoms with Crippen LogP contribution in [0.2, 0.25) is 0 Å². The number of Topliss-reactive ketones (excluding diaryl/α,β-unsaturated/α-hetero) is 1. The van der Waals surface area contributed by atoms with Crippen LogP contribution in [-0.4, -0.2) is 18.3 Å². The van der Waals surface area contributed by atoms with E-state index >= 15 is 0 Å². The van der Waals surface area contributed by atoms with Crippen molar-refractivity contribution in [1.82, 2.24) is 0 Å². The lowest BCUT2D eigenvalue weighted by molar-refractivity contribution is -0.118. The zero-order valence-electron chi connectivity index (χ0n) is 15.3. The Kier molecular flexibility index (Phi) is 5.83. The highest BCUT2D eigenvalue weighted by Crippen LogP contribution is 2.23. The van der Waals surface area contributed by atoms with Crippen LogP contribution in [0, 0.1) is 11.3 Å². The molecule has 0 heterocycles. The van der Waals surface area contributed by atoms with Gasteiger partial charge in [-0.1, -0.05) is 36.4 Å². The van der Waals surface area contributed by atoms with E-state index in [1.165, 1.54) is 6.92 Å². The van der Waals surface area contributed by atoms with Crippen molar-refractivity contribution in [3.05, 3.63) is 83.9 Å². The topological polar surface area (TPSA) is 79.2 Å². The molecule has 3 aromatic rings. The molecule has 28 heavy (non-hydrogen) atoms. The number of nitrogens with zero attached hydrogens (tertiary/aromatic N) is 1. The fourth-order valence-electron chi connectivity index (χ4n) is 2.72. The van der Waals surface area contributed by atoms with Gasteiger partial charge in [0.25, 0.3) is 5.91 Å². The van der Waals surface area contributed by atoms with Gasteiger partial charge in [0.05, 0.1) is 17.3 Å². The number of ether oxygens (including phenoxy) is 1. The second kappa shape index (κ2) is 8.65. The summed E-state index contributed by atoms with van der Waals surface area (Å²) in [5.41, 5.74) is 3.52. The molecule has 138 valence electrons. The predicted molar refractivity (Wildman–Crippen MR) is 107 cm³/mol. The zero-order valence-corrected chi connectivity index (χ0v) is 15.3. The molecule has 0 aliphatic rings. The minimum atomic E-state index is -0.343. The lowest BCUT2D eigenvalue weighted by atomic mass is 10.0. The summed E-state index contributed by atoms with van der Waals surface area (Å²) in [5.74, 6) is 0.104. The molecular weight excluding hydrogens is 352 g/mol. The van der Waals surface area contributed by atoms with Crippen LogP contribution in [0.25, 0.3) is 11.1 Å². The molecule has 0 bridgehead atoms. The molecule has 0 spiro atoms. The largest absolute Gasteiger partial charge is 0.484 e. The molecule has 1 amide bonds. The fraction of sp³-hybridized carbons (Fsp3) is 0.0870. The lowest BCUT2D eigenvalue weighted by Gasteiger charge is -2.10. The fourth-order valence-corrected chi connectivity index (χ4v) is 2.72. The van der Waals surface area contributed by atoms with Crippen molar-refractivity contribution >= 4 is 17.4 Å². The summed E-state index contributed by atoms with van der Waals surface area (Å²) < 4.78 is 5.53. The molecule has 0 fully saturated rings. The summed E-state index contributed by atoms with van der Waals surface area (Å²) in [6.45, 7) is 1.29.